The monoisotopic (exact) mass is 528 g/mol. The lowest BCUT2D eigenvalue weighted by atomic mass is 9.84. The number of hydrogen-bond acceptors (Lipinski definition) is 5. The van der Waals surface area contributed by atoms with E-state index >= 15 is 0 Å². The van der Waals surface area contributed by atoms with Gasteiger partial charge in [0.1, 0.15) is 6.10 Å². The highest BCUT2D eigenvalue weighted by atomic mass is 79.9. The summed E-state index contributed by atoms with van der Waals surface area (Å²) in [5.74, 6) is -0.265. The zero-order valence-electron chi connectivity index (χ0n) is 20.0. The topological polar surface area (TPSA) is 93.1 Å². The third-order valence-electron chi connectivity index (χ3n) is 5.51. The number of aliphatic hydroxyl groups is 1. The average Bonchev–Trinajstić information content (AvgIpc) is 2.73. The Labute approximate surface area is 198 Å². The van der Waals surface area contributed by atoms with Crippen LogP contribution in [-0.2, 0) is 18.4 Å². The van der Waals surface area contributed by atoms with Crippen molar-refractivity contribution >= 4 is 29.5 Å². The third kappa shape index (κ3) is 16.5. The molecule has 0 saturated carbocycles. The number of carbonyl (C=O) groups excluding carboxylic acids is 1. The highest BCUT2D eigenvalue weighted by Gasteiger charge is 2.40. The fourth-order valence-electron chi connectivity index (χ4n) is 3.48. The van der Waals surface area contributed by atoms with Crippen LogP contribution in [0.15, 0.2) is 0 Å². The van der Waals surface area contributed by atoms with Gasteiger partial charge in [-0.3, -0.25) is 13.8 Å². The van der Waals surface area contributed by atoms with Crippen LogP contribution >= 0.6 is 23.8 Å². The molecular weight excluding hydrogens is 483 g/mol. The Morgan fingerprint density at radius 1 is 0.935 bits per heavy atom. The molecule has 0 rings (SSSR count). The zero-order valence-corrected chi connectivity index (χ0v) is 22.4. The second-order valence-corrected chi connectivity index (χ2v) is 11.3. The molecule has 0 aromatic heterocycles. The molecule has 0 saturated heterocycles. The van der Waals surface area contributed by atoms with E-state index in [1.807, 2.05) is 0 Å². The molecule has 2 atom stereocenters. The fourth-order valence-corrected chi connectivity index (χ4v) is 4.95. The van der Waals surface area contributed by atoms with Gasteiger partial charge in [-0.1, -0.05) is 114 Å². The van der Waals surface area contributed by atoms with Crippen LogP contribution in [0.3, 0.4) is 0 Å². The fraction of sp³-hybridized carbons (Fsp3) is 0.957. The van der Waals surface area contributed by atoms with Crippen molar-refractivity contribution in [3.63, 3.8) is 0 Å². The maximum Gasteiger partial charge on any atom is 0.472 e. The van der Waals surface area contributed by atoms with Crippen molar-refractivity contribution in [2.24, 2.45) is 5.41 Å². The third-order valence-corrected chi connectivity index (χ3v) is 6.82. The number of aliphatic hydroxyl groups excluding tert-OH is 1. The first kappa shape index (κ1) is 31.2. The lowest BCUT2D eigenvalue weighted by Crippen LogP contribution is -2.41. The number of ketones is 1. The van der Waals surface area contributed by atoms with E-state index in [9.17, 15) is 19.4 Å². The first-order valence-electron chi connectivity index (χ1n) is 12.1. The molecule has 0 aliphatic rings. The Morgan fingerprint density at radius 2 is 1.39 bits per heavy atom. The van der Waals surface area contributed by atoms with Crippen molar-refractivity contribution in [3.8, 4) is 0 Å². The van der Waals surface area contributed by atoms with Gasteiger partial charge in [0.25, 0.3) is 0 Å². The Kier molecular flexibility index (Phi) is 18.8. The van der Waals surface area contributed by atoms with Gasteiger partial charge in [-0.25, -0.2) is 4.57 Å². The Bertz CT molecular complexity index is 500. The predicted molar refractivity (Wildman–Crippen MR) is 131 cm³/mol. The molecule has 0 fully saturated rings. The number of halogens is 1. The molecule has 0 spiro atoms. The molecule has 0 aromatic carbocycles. The molecular formula is C23H46BrO6P. The van der Waals surface area contributed by atoms with Gasteiger partial charge in [-0.2, -0.15) is 0 Å². The summed E-state index contributed by atoms with van der Waals surface area (Å²) in [4.78, 5) is 22.5. The van der Waals surface area contributed by atoms with Gasteiger partial charge in [0.15, 0.2) is 5.78 Å². The first-order valence-corrected chi connectivity index (χ1v) is 14.7. The van der Waals surface area contributed by atoms with Gasteiger partial charge >= 0.3 is 7.82 Å². The zero-order chi connectivity index (χ0) is 23.6. The normalized spacial score (nSPS) is 15.0. The minimum Gasteiger partial charge on any atom is -0.396 e. The van der Waals surface area contributed by atoms with Crippen molar-refractivity contribution in [1.82, 2.24) is 0 Å². The summed E-state index contributed by atoms with van der Waals surface area (Å²) in [6, 6.07) is 0. The van der Waals surface area contributed by atoms with Gasteiger partial charge < -0.3 is 10.00 Å². The summed E-state index contributed by atoms with van der Waals surface area (Å²) < 4.78 is 22.1. The molecule has 0 aromatic rings. The van der Waals surface area contributed by atoms with Crippen LogP contribution in [0.4, 0.5) is 0 Å². The summed E-state index contributed by atoms with van der Waals surface area (Å²) in [6.07, 6.45) is 15.0. The Hall–Kier alpha value is 0.220. The van der Waals surface area contributed by atoms with Gasteiger partial charge in [0.05, 0.1) is 13.2 Å². The van der Waals surface area contributed by atoms with Gasteiger partial charge in [0, 0.05) is 17.2 Å². The minimum absolute atomic E-state index is 0.00685. The number of Topliss-reactive ketones (excluding diaryl/α,β-unsaturated/α-hetero) is 1. The summed E-state index contributed by atoms with van der Waals surface area (Å²) in [6.45, 7) is 5.19. The van der Waals surface area contributed by atoms with E-state index in [2.05, 4.69) is 22.9 Å². The minimum atomic E-state index is -4.36. The van der Waals surface area contributed by atoms with Gasteiger partial charge in [-0.05, 0) is 6.42 Å². The van der Waals surface area contributed by atoms with Crippen molar-refractivity contribution < 1.29 is 28.4 Å². The average molecular weight is 529 g/mol. The summed E-state index contributed by atoms with van der Waals surface area (Å²) in [5, 5.41) is 10.00. The van der Waals surface area contributed by atoms with Gasteiger partial charge in [0.2, 0.25) is 0 Å². The van der Waals surface area contributed by atoms with Crippen molar-refractivity contribution in [2.75, 3.05) is 18.5 Å². The second-order valence-electron chi connectivity index (χ2n) is 9.08. The smallest absolute Gasteiger partial charge is 0.396 e. The first-order chi connectivity index (χ1) is 14.7. The van der Waals surface area contributed by atoms with Crippen LogP contribution in [0.2, 0.25) is 0 Å². The maximum atomic E-state index is 12.7. The highest BCUT2D eigenvalue weighted by molar-refractivity contribution is 9.09. The molecule has 0 heterocycles. The van der Waals surface area contributed by atoms with Crippen LogP contribution in [-0.4, -0.2) is 40.4 Å². The van der Waals surface area contributed by atoms with E-state index in [4.69, 9.17) is 9.05 Å². The lowest BCUT2D eigenvalue weighted by Gasteiger charge is -2.32. The maximum absolute atomic E-state index is 12.7. The molecule has 0 amide bonds. The number of phosphoric ester groups is 1. The number of rotatable bonds is 22. The van der Waals surface area contributed by atoms with E-state index in [0.717, 1.165) is 19.3 Å². The molecule has 2 unspecified atom stereocenters. The molecule has 6 nitrogen and oxygen atoms in total. The predicted octanol–water partition coefficient (Wildman–Crippen LogP) is 6.95. The van der Waals surface area contributed by atoms with E-state index in [-0.39, 0.29) is 25.4 Å². The largest absolute Gasteiger partial charge is 0.472 e. The molecule has 2 N–H and O–H groups in total. The number of phosphoric acid groups is 1. The van der Waals surface area contributed by atoms with E-state index < -0.39 is 19.3 Å². The molecule has 0 radical (unpaired) electrons. The van der Waals surface area contributed by atoms with Crippen molar-refractivity contribution in [3.05, 3.63) is 0 Å². The standard InChI is InChI=1S/C23H46BrO6P/c1-4-5-6-7-8-9-10-11-12-13-14-15-16-17-21(26)22(23(2,3)20-25)30-31(27,28)29-19-18-24/h22,25H,4-20H2,1-3H3,(H,27,28). The number of unbranched alkanes of at least 4 members (excludes halogenated alkanes) is 12. The molecule has 0 aliphatic heterocycles. The van der Waals surface area contributed by atoms with Crippen molar-refractivity contribution in [1.29, 1.82) is 0 Å². The van der Waals surface area contributed by atoms with Crippen LogP contribution in [0.5, 0.6) is 0 Å². The Morgan fingerprint density at radius 3 is 1.81 bits per heavy atom. The Balaban J connectivity index is 4.09. The van der Waals surface area contributed by atoms with Gasteiger partial charge in [-0.15, -0.1) is 0 Å². The number of hydrogen-bond donors (Lipinski definition) is 2. The van der Waals surface area contributed by atoms with Crippen LogP contribution < -0.4 is 0 Å². The molecule has 0 aliphatic carbocycles. The summed E-state index contributed by atoms with van der Waals surface area (Å²) >= 11 is 3.11. The SMILES string of the molecule is CCCCCCCCCCCCCCCC(=O)C(OP(=O)(O)OCCBr)C(C)(C)CO. The van der Waals surface area contributed by atoms with E-state index in [1.54, 1.807) is 13.8 Å². The van der Waals surface area contributed by atoms with Crippen LogP contribution in [0, 0.1) is 5.41 Å². The van der Waals surface area contributed by atoms with Crippen LogP contribution in [0.25, 0.3) is 0 Å². The molecule has 0 bridgehead atoms. The van der Waals surface area contributed by atoms with E-state index in [1.165, 1.54) is 64.2 Å². The number of carbonyl (C=O) groups is 1. The highest BCUT2D eigenvalue weighted by Crippen LogP contribution is 2.47. The van der Waals surface area contributed by atoms with E-state index in [0.29, 0.717) is 5.33 Å². The summed E-state index contributed by atoms with van der Waals surface area (Å²) in [5.41, 5.74) is -0.968. The molecule has 186 valence electrons. The summed E-state index contributed by atoms with van der Waals surface area (Å²) in [7, 11) is -4.36. The molecule has 31 heavy (non-hydrogen) atoms. The van der Waals surface area contributed by atoms with Crippen molar-refractivity contribution in [2.45, 2.75) is 117 Å². The second kappa shape index (κ2) is 18.6. The van der Waals surface area contributed by atoms with Crippen LogP contribution in [0.1, 0.15) is 111 Å². The molecule has 8 heteroatoms. The lowest BCUT2D eigenvalue weighted by molar-refractivity contribution is -0.134. The quantitative estimate of drug-likeness (QED) is 0.0896. The number of alkyl halides is 1.